The van der Waals surface area contributed by atoms with Gasteiger partial charge in [-0.3, -0.25) is 0 Å². The van der Waals surface area contributed by atoms with Crippen LogP contribution in [0.2, 0.25) is 0 Å². The first-order chi connectivity index (χ1) is 12.7. The molecule has 0 saturated heterocycles. The number of hydrogen-bond acceptors (Lipinski definition) is 4. The van der Waals surface area contributed by atoms with E-state index in [-0.39, 0.29) is 6.29 Å². The largest absolute Gasteiger partial charge is 0.352 e. The Bertz CT molecular complexity index is 251. The quantitative estimate of drug-likeness (QED) is 0.156. The molecule has 0 saturated carbocycles. The SMILES string of the molecule is CCCC[C@H](CC)CSCCOC(C)OCCSC[C@@H](CC)CCCC. The molecule has 0 aromatic rings. The van der Waals surface area contributed by atoms with E-state index in [0.29, 0.717) is 0 Å². The minimum Gasteiger partial charge on any atom is -0.352 e. The number of hydrogen-bond donors (Lipinski definition) is 0. The molecule has 0 aromatic carbocycles. The second-order valence-corrected chi connectivity index (χ2v) is 9.59. The first kappa shape index (κ1) is 26.6. The maximum Gasteiger partial charge on any atom is 0.154 e. The highest BCUT2D eigenvalue weighted by Crippen LogP contribution is 2.19. The lowest BCUT2D eigenvalue weighted by molar-refractivity contribution is -0.121. The highest BCUT2D eigenvalue weighted by atomic mass is 32.2. The molecule has 158 valence electrons. The first-order valence-electron chi connectivity index (χ1n) is 11.1. The maximum absolute atomic E-state index is 5.79. The lowest BCUT2D eigenvalue weighted by atomic mass is 10.0. The van der Waals surface area contributed by atoms with Crippen molar-refractivity contribution in [2.45, 2.75) is 92.3 Å². The summed E-state index contributed by atoms with van der Waals surface area (Å²) in [6.45, 7) is 12.8. The molecule has 0 aromatic heterocycles. The van der Waals surface area contributed by atoms with Gasteiger partial charge in [0.1, 0.15) is 0 Å². The number of unbranched alkanes of at least 4 members (excludes halogenated alkanes) is 2. The zero-order chi connectivity index (χ0) is 19.5. The van der Waals surface area contributed by atoms with Crippen LogP contribution in [0.5, 0.6) is 0 Å². The van der Waals surface area contributed by atoms with Gasteiger partial charge < -0.3 is 9.47 Å². The smallest absolute Gasteiger partial charge is 0.154 e. The van der Waals surface area contributed by atoms with Crippen molar-refractivity contribution >= 4 is 23.5 Å². The van der Waals surface area contributed by atoms with Gasteiger partial charge in [0.15, 0.2) is 6.29 Å². The van der Waals surface area contributed by atoms with Crippen molar-refractivity contribution in [3.63, 3.8) is 0 Å². The predicted octanol–water partition coefficient (Wildman–Crippen LogP) is 7.26. The standard InChI is InChI=1S/C22H46O2S2/c1-6-10-12-21(8-3)18-25-16-14-23-20(5)24-15-17-26-19-22(9-4)13-11-7-2/h20-22H,6-19H2,1-5H3/t21-,22-/m0/s1. The summed E-state index contributed by atoms with van der Waals surface area (Å²) < 4.78 is 11.6. The zero-order valence-corrected chi connectivity index (χ0v) is 19.9. The highest BCUT2D eigenvalue weighted by Gasteiger charge is 2.08. The van der Waals surface area contributed by atoms with Crippen LogP contribution >= 0.6 is 23.5 Å². The van der Waals surface area contributed by atoms with Crippen LogP contribution in [0.3, 0.4) is 0 Å². The summed E-state index contributed by atoms with van der Waals surface area (Å²) in [5.74, 6) is 6.50. The van der Waals surface area contributed by atoms with Crippen molar-refractivity contribution in [1.82, 2.24) is 0 Å². The second kappa shape index (κ2) is 20.4. The van der Waals surface area contributed by atoms with Crippen LogP contribution in [0.1, 0.15) is 86.0 Å². The Morgan fingerprint density at radius 3 is 1.46 bits per heavy atom. The number of ether oxygens (including phenoxy) is 2. The molecule has 0 fully saturated rings. The molecule has 0 radical (unpaired) electrons. The minimum atomic E-state index is -0.0691. The van der Waals surface area contributed by atoms with E-state index in [4.69, 9.17) is 9.47 Å². The van der Waals surface area contributed by atoms with Gasteiger partial charge in [0.25, 0.3) is 0 Å². The lowest BCUT2D eigenvalue weighted by Crippen LogP contribution is -2.17. The van der Waals surface area contributed by atoms with Gasteiger partial charge in [-0.2, -0.15) is 23.5 Å². The Balaban J connectivity index is 3.50. The summed E-state index contributed by atoms with van der Waals surface area (Å²) in [5, 5.41) is 0. The molecule has 0 aliphatic heterocycles. The summed E-state index contributed by atoms with van der Waals surface area (Å²) in [6, 6.07) is 0. The molecule has 2 atom stereocenters. The van der Waals surface area contributed by atoms with Gasteiger partial charge in [-0.15, -0.1) is 0 Å². The normalized spacial score (nSPS) is 14.1. The average molecular weight is 407 g/mol. The number of rotatable bonds is 20. The molecule has 0 amide bonds. The van der Waals surface area contributed by atoms with Crippen molar-refractivity contribution < 1.29 is 9.47 Å². The third kappa shape index (κ3) is 16.8. The summed E-state index contributed by atoms with van der Waals surface area (Å²) in [6.07, 6.45) is 10.7. The van der Waals surface area contributed by atoms with E-state index in [1.165, 1.54) is 62.9 Å². The Hall–Kier alpha value is 0.620. The molecular weight excluding hydrogens is 360 g/mol. The van der Waals surface area contributed by atoms with Crippen molar-refractivity contribution in [2.75, 3.05) is 36.2 Å². The van der Waals surface area contributed by atoms with Crippen LogP contribution in [0.15, 0.2) is 0 Å². The Labute approximate surface area is 173 Å². The molecule has 2 nitrogen and oxygen atoms in total. The maximum atomic E-state index is 5.79. The van der Waals surface area contributed by atoms with E-state index >= 15 is 0 Å². The monoisotopic (exact) mass is 406 g/mol. The molecule has 0 unspecified atom stereocenters. The third-order valence-electron chi connectivity index (χ3n) is 4.95. The third-order valence-corrected chi connectivity index (χ3v) is 7.28. The Morgan fingerprint density at radius 1 is 0.692 bits per heavy atom. The summed E-state index contributed by atoms with van der Waals surface area (Å²) >= 11 is 4.08. The van der Waals surface area contributed by atoms with E-state index in [0.717, 1.165) is 36.6 Å². The summed E-state index contributed by atoms with van der Waals surface area (Å²) in [4.78, 5) is 0. The van der Waals surface area contributed by atoms with Gasteiger partial charge in [0.2, 0.25) is 0 Å². The van der Waals surface area contributed by atoms with Crippen LogP contribution in [0.25, 0.3) is 0 Å². The average Bonchev–Trinajstić information content (AvgIpc) is 2.66. The zero-order valence-electron chi connectivity index (χ0n) is 18.3. The van der Waals surface area contributed by atoms with E-state index in [9.17, 15) is 0 Å². The van der Waals surface area contributed by atoms with Crippen LogP contribution in [0, 0.1) is 11.8 Å². The van der Waals surface area contributed by atoms with E-state index in [1.807, 2.05) is 30.4 Å². The fourth-order valence-corrected chi connectivity index (χ4v) is 5.12. The van der Waals surface area contributed by atoms with Gasteiger partial charge in [-0.05, 0) is 43.1 Å². The fraction of sp³-hybridized carbons (Fsp3) is 1.00. The van der Waals surface area contributed by atoms with Gasteiger partial charge in [-0.25, -0.2) is 0 Å². The van der Waals surface area contributed by atoms with Crippen LogP contribution in [-0.4, -0.2) is 42.5 Å². The Kier molecular flexibility index (Phi) is 20.8. The number of thioether (sulfide) groups is 2. The molecule has 0 N–H and O–H groups in total. The van der Waals surface area contributed by atoms with E-state index in [1.54, 1.807) is 0 Å². The van der Waals surface area contributed by atoms with Crippen LogP contribution in [-0.2, 0) is 9.47 Å². The van der Waals surface area contributed by atoms with Gasteiger partial charge >= 0.3 is 0 Å². The molecule has 0 aliphatic rings. The topological polar surface area (TPSA) is 18.5 Å². The van der Waals surface area contributed by atoms with Crippen LogP contribution < -0.4 is 0 Å². The minimum absolute atomic E-state index is 0.0691. The van der Waals surface area contributed by atoms with Gasteiger partial charge in [0, 0.05) is 11.5 Å². The molecule has 0 spiro atoms. The highest BCUT2D eigenvalue weighted by molar-refractivity contribution is 7.99. The first-order valence-corrected chi connectivity index (χ1v) is 13.4. The molecule has 4 heteroatoms. The van der Waals surface area contributed by atoms with Crippen molar-refractivity contribution in [2.24, 2.45) is 11.8 Å². The molecular formula is C22H46O2S2. The van der Waals surface area contributed by atoms with Gasteiger partial charge in [0.05, 0.1) is 13.2 Å². The van der Waals surface area contributed by atoms with Crippen LogP contribution in [0.4, 0.5) is 0 Å². The second-order valence-electron chi connectivity index (χ2n) is 7.29. The molecule has 26 heavy (non-hydrogen) atoms. The lowest BCUT2D eigenvalue weighted by Gasteiger charge is -2.17. The Morgan fingerprint density at radius 2 is 1.12 bits per heavy atom. The van der Waals surface area contributed by atoms with Crippen molar-refractivity contribution in [3.8, 4) is 0 Å². The molecule has 0 bridgehead atoms. The van der Waals surface area contributed by atoms with Gasteiger partial charge in [-0.1, -0.05) is 66.2 Å². The van der Waals surface area contributed by atoms with E-state index < -0.39 is 0 Å². The molecule has 0 aliphatic carbocycles. The predicted molar refractivity (Wildman–Crippen MR) is 123 cm³/mol. The van der Waals surface area contributed by atoms with E-state index in [2.05, 4.69) is 27.7 Å². The summed E-state index contributed by atoms with van der Waals surface area (Å²) in [5.41, 5.74) is 0. The summed E-state index contributed by atoms with van der Waals surface area (Å²) in [7, 11) is 0. The molecule has 0 heterocycles. The van der Waals surface area contributed by atoms with Crippen molar-refractivity contribution in [1.29, 1.82) is 0 Å². The molecule has 0 rings (SSSR count). The fourth-order valence-electron chi connectivity index (χ4n) is 2.89. The van der Waals surface area contributed by atoms with Crippen molar-refractivity contribution in [3.05, 3.63) is 0 Å².